The van der Waals surface area contributed by atoms with E-state index in [1.807, 2.05) is 0 Å². The van der Waals surface area contributed by atoms with E-state index in [0.717, 1.165) is 43.4 Å². The van der Waals surface area contributed by atoms with Crippen molar-refractivity contribution in [2.24, 2.45) is 17.6 Å². The van der Waals surface area contributed by atoms with Crippen molar-refractivity contribution >= 4 is 17.8 Å². The largest absolute Gasteiger partial charge is 0.351 e. The summed E-state index contributed by atoms with van der Waals surface area (Å²) >= 11 is 0. The number of nitrogens with two attached hydrogens (primary N) is 1. The van der Waals surface area contributed by atoms with Gasteiger partial charge in [-0.2, -0.15) is 0 Å². The smallest absolute Gasteiger partial charge is 0.325 e. The van der Waals surface area contributed by atoms with Crippen LogP contribution in [0.5, 0.6) is 0 Å². The van der Waals surface area contributed by atoms with Crippen LogP contribution in [-0.2, 0) is 9.59 Å². The molecule has 0 aromatic carbocycles. The summed E-state index contributed by atoms with van der Waals surface area (Å²) in [5.41, 5.74) is 4.94. The lowest BCUT2D eigenvalue weighted by Gasteiger charge is -2.31. The van der Waals surface area contributed by atoms with Gasteiger partial charge in [0.2, 0.25) is 5.91 Å². The summed E-state index contributed by atoms with van der Waals surface area (Å²) in [6.45, 7) is 2.10. The predicted octanol–water partition coefficient (Wildman–Crippen LogP) is 0.341. The van der Waals surface area contributed by atoms with E-state index in [1.165, 1.54) is 0 Å². The number of hydrogen-bond donors (Lipinski definition) is 3. The number of nitrogens with zero attached hydrogens (tertiary/aromatic N) is 1. The van der Waals surface area contributed by atoms with Gasteiger partial charge in [-0.05, 0) is 51.0 Å². The summed E-state index contributed by atoms with van der Waals surface area (Å²) < 4.78 is 0. The highest BCUT2D eigenvalue weighted by molar-refractivity contribution is 6.09. The highest BCUT2D eigenvalue weighted by atomic mass is 16.2. The Morgan fingerprint density at radius 2 is 2.00 bits per heavy atom. The first-order chi connectivity index (χ1) is 11.0. The lowest BCUT2D eigenvalue weighted by molar-refractivity contribution is -0.135. The third kappa shape index (κ3) is 3.06. The Labute approximate surface area is 136 Å². The van der Waals surface area contributed by atoms with Crippen LogP contribution >= 0.6 is 0 Å². The second kappa shape index (κ2) is 6.11. The molecule has 0 radical (unpaired) electrons. The Kier molecular flexibility index (Phi) is 4.31. The molecule has 3 aliphatic rings. The third-order valence-corrected chi connectivity index (χ3v) is 5.55. The maximum atomic E-state index is 12.5. The second-order valence-electron chi connectivity index (χ2n) is 7.25. The Morgan fingerprint density at radius 3 is 2.65 bits per heavy atom. The van der Waals surface area contributed by atoms with Crippen LogP contribution in [0, 0.1) is 11.8 Å². The minimum absolute atomic E-state index is 0.0526. The Balaban J connectivity index is 1.59. The molecule has 1 aliphatic heterocycles. The highest BCUT2D eigenvalue weighted by Crippen LogP contribution is 2.42. The van der Waals surface area contributed by atoms with Gasteiger partial charge < -0.3 is 16.4 Å². The fourth-order valence-electron chi connectivity index (χ4n) is 3.87. The molecule has 0 bridgehead atoms. The topological polar surface area (TPSA) is 105 Å². The minimum Gasteiger partial charge on any atom is -0.351 e. The summed E-state index contributed by atoms with van der Waals surface area (Å²) in [7, 11) is 0. The van der Waals surface area contributed by atoms with E-state index in [2.05, 4.69) is 10.6 Å². The van der Waals surface area contributed by atoms with Gasteiger partial charge in [0, 0.05) is 6.04 Å². The predicted molar refractivity (Wildman–Crippen MR) is 84.3 cm³/mol. The molecular formula is C16H26N4O3. The lowest BCUT2D eigenvalue weighted by Crippen LogP contribution is -2.50. The van der Waals surface area contributed by atoms with Crippen LogP contribution < -0.4 is 16.4 Å². The van der Waals surface area contributed by atoms with Crippen LogP contribution in [0.25, 0.3) is 0 Å². The van der Waals surface area contributed by atoms with Gasteiger partial charge in [0.1, 0.15) is 12.1 Å². The van der Waals surface area contributed by atoms with Crippen molar-refractivity contribution < 1.29 is 14.4 Å². The maximum Gasteiger partial charge on any atom is 0.325 e. The number of rotatable bonds is 5. The molecule has 23 heavy (non-hydrogen) atoms. The highest BCUT2D eigenvalue weighted by Gasteiger charge is 2.56. The number of nitrogens with one attached hydrogen (secondary N) is 2. The van der Waals surface area contributed by atoms with Gasteiger partial charge in [-0.15, -0.1) is 0 Å². The van der Waals surface area contributed by atoms with Crippen molar-refractivity contribution in [3.05, 3.63) is 0 Å². The monoisotopic (exact) mass is 322 g/mol. The van der Waals surface area contributed by atoms with Crippen molar-refractivity contribution in [1.82, 2.24) is 15.5 Å². The quantitative estimate of drug-likeness (QED) is 0.635. The van der Waals surface area contributed by atoms with Gasteiger partial charge >= 0.3 is 6.03 Å². The van der Waals surface area contributed by atoms with Gasteiger partial charge in [-0.1, -0.05) is 12.8 Å². The molecule has 1 saturated heterocycles. The average molecular weight is 322 g/mol. The normalized spacial score (nSPS) is 34.4. The molecule has 7 heteroatoms. The van der Waals surface area contributed by atoms with E-state index in [4.69, 9.17) is 5.73 Å². The summed E-state index contributed by atoms with van der Waals surface area (Å²) in [5, 5.41) is 5.73. The van der Waals surface area contributed by atoms with E-state index in [9.17, 15) is 14.4 Å². The van der Waals surface area contributed by atoms with Gasteiger partial charge in [0.05, 0.1) is 0 Å². The van der Waals surface area contributed by atoms with Gasteiger partial charge in [-0.3, -0.25) is 14.5 Å². The first kappa shape index (κ1) is 16.2. The molecule has 3 rings (SSSR count). The average Bonchev–Trinajstić information content (AvgIpc) is 3.34. The first-order valence-corrected chi connectivity index (χ1v) is 8.59. The molecule has 2 aliphatic carbocycles. The number of urea groups is 1. The van der Waals surface area contributed by atoms with Crippen LogP contribution in [0.1, 0.15) is 45.4 Å². The van der Waals surface area contributed by atoms with Gasteiger partial charge in [0.25, 0.3) is 5.91 Å². The van der Waals surface area contributed by atoms with E-state index in [0.29, 0.717) is 6.54 Å². The Bertz CT molecular complexity index is 519. The molecule has 4 N–H and O–H groups in total. The van der Waals surface area contributed by atoms with Gasteiger partial charge in [-0.25, -0.2) is 4.79 Å². The van der Waals surface area contributed by atoms with E-state index < -0.39 is 11.6 Å². The molecular weight excluding hydrogens is 296 g/mol. The zero-order valence-corrected chi connectivity index (χ0v) is 13.6. The van der Waals surface area contributed by atoms with Crippen molar-refractivity contribution in [1.29, 1.82) is 0 Å². The molecule has 3 unspecified atom stereocenters. The molecule has 128 valence electrons. The second-order valence-corrected chi connectivity index (χ2v) is 7.25. The van der Waals surface area contributed by atoms with Crippen LogP contribution in [0.15, 0.2) is 0 Å². The van der Waals surface area contributed by atoms with Crippen LogP contribution in [0.2, 0.25) is 0 Å². The number of hydrogen-bond acceptors (Lipinski definition) is 4. The van der Waals surface area contributed by atoms with Crippen LogP contribution in [0.4, 0.5) is 4.79 Å². The standard InChI is InChI=1S/C16H26N4O3/c1-16(11-6-7-11)14(22)20(15(23)19-16)9-13(21)18-12-5-3-2-4-10(12)8-17/h10-12H,2-9,17H2,1H3,(H,18,21)(H,19,23). The minimum atomic E-state index is -0.831. The van der Waals surface area contributed by atoms with Crippen LogP contribution in [0.3, 0.4) is 0 Å². The van der Waals surface area contributed by atoms with E-state index >= 15 is 0 Å². The first-order valence-electron chi connectivity index (χ1n) is 8.59. The maximum absolute atomic E-state index is 12.5. The SMILES string of the molecule is CC1(C2CC2)NC(=O)N(CC(=O)NC2CCCCC2CN)C1=O. The Morgan fingerprint density at radius 1 is 1.30 bits per heavy atom. The molecule has 3 fully saturated rings. The zero-order chi connectivity index (χ0) is 16.6. The number of imide groups is 1. The molecule has 1 heterocycles. The Hall–Kier alpha value is -1.63. The summed E-state index contributed by atoms with van der Waals surface area (Å²) in [6, 6.07) is -0.407. The lowest BCUT2D eigenvalue weighted by atomic mass is 9.84. The summed E-state index contributed by atoms with van der Waals surface area (Å²) in [4.78, 5) is 37.9. The molecule has 7 nitrogen and oxygen atoms in total. The molecule has 3 atom stereocenters. The molecule has 0 spiro atoms. The van der Waals surface area contributed by atoms with E-state index in [-0.39, 0.29) is 36.2 Å². The fourth-order valence-corrected chi connectivity index (χ4v) is 3.87. The molecule has 0 aromatic rings. The molecule has 0 aromatic heterocycles. The number of carbonyl (C=O) groups excluding carboxylic acids is 3. The van der Waals surface area contributed by atoms with Crippen LogP contribution in [-0.4, -0.2) is 47.4 Å². The van der Waals surface area contributed by atoms with E-state index in [1.54, 1.807) is 6.92 Å². The summed E-state index contributed by atoms with van der Waals surface area (Å²) in [6.07, 6.45) is 6.04. The third-order valence-electron chi connectivity index (χ3n) is 5.55. The van der Waals surface area contributed by atoms with Crippen molar-refractivity contribution in [3.63, 3.8) is 0 Å². The molecule has 4 amide bonds. The number of amides is 4. The summed E-state index contributed by atoms with van der Waals surface area (Å²) in [5.74, 6) is -0.0717. The van der Waals surface area contributed by atoms with Crippen molar-refractivity contribution in [3.8, 4) is 0 Å². The van der Waals surface area contributed by atoms with Gasteiger partial charge in [0.15, 0.2) is 0 Å². The molecule has 2 saturated carbocycles. The number of carbonyl (C=O) groups is 3. The van der Waals surface area contributed by atoms with Crippen molar-refractivity contribution in [2.75, 3.05) is 13.1 Å². The van der Waals surface area contributed by atoms with Crippen molar-refractivity contribution in [2.45, 2.75) is 57.0 Å². The fraction of sp³-hybridized carbons (Fsp3) is 0.812. The zero-order valence-electron chi connectivity index (χ0n) is 13.6.